The third-order valence-electron chi connectivity index (χ3n) is 3.75. The molecule has 0 aromatic carbocycles. The maximum atomic E-state index is 12.0. The predicted octanol–water partition coefficient (Wildman–Crippen LogP) is 1.18. The van der Waals surface area contributed by atoms with Gasteiger partial charge in [-0.05, 0) is 31.7 Å². The first kappa shape index (κ1) is 14.5. The van der Waals surface area contributed by atoms with Gasteiger partial charge in [0.2, 0.25) is 0 Å². The highest BCUT2D eigenvalue weighted by molar-refractivity contribution is 5.74. The van der Waals surface area contributed by atoms with Crippen molar-refractivity contribution in [2.75, 3.05) is 19.7 Å². The van der Waals surface area contributed by atoms with E-state index in [2.05, 4.69) is 5.32 Å². The second-order valence-electron chi connectivity index (χ2n) is 5.32. The predicted molar refractivity (Wildman–Crippen MR) is 66.6 cm³/mol. The molecule has 0 aromatic rings. The van der Waals surface area contributed by atoms with E-state index >= 15 is 0 Å². The first-order valence-corrected chi connectivity index (χ1v) is 6.53. The maximum absolute atomic E-state index is 12.0. The average molecular weight is 243 g/mol. The SMILES string of the molecule is CCOC(=O)C(C(C)C)C1(O)CCNCC1C. The number of hydrogen-bond donors (Lipinski definition) is 2. The fourth-order valence-corrected chi connectivity index (χ4v) is 2.78. The second-order valence-corrected chi connectivity index (χ2v) is 5.32. The largest absolute Gasteiger partial charge is 0.466 e. The van der Waals surface area contributed by atoms with E-state index in [9.17, 15) is 9.90 Å². The van der Waals surface area contributed by atoms with Crippen LogP contribution in [0.25, 0.3) is 0 Å². The highest BCUT2D eigenvalue weighted by Crippen LogP contribution is 2.37. The van der Waals surface area contributed by atoms with Crippen LogP contribution in [0.2, 0.25) is 0 Å². The summed E-state index contributed by atoms with van der Waals surface area (Å²) in [7, 11) is 0. The lowest BCUT2D eigenvalue weighted by atomic mass is 9.69. The van der Waals surface area contributed by atoms with E-state index in [1.54, 1.807) is 6.92 Å². The van der Waals surface area contributed by atoms with Crippen molar-refractivity contribution >= 4 is 5.97 Å². The van der Waals surface area contributed by atoms with E-state index in [0.29, 0.717) is 13.0 Å². The lowest BCUT2D eigenvalue weighted by Crippen LogP contribution is -2.57. The van der Waals surface area contributed by atoms with Gasteiger partial charge in [0, 0.05) is 6.54 Å². The van der Waals surface area contributed by atoms with Crippen molar-refractivity contribution in [1.29, 1.82) is 0 Å². The minimum absolute atomic E-state index is 0.0630. The van der Waals surface area contributed by atoms with Crippen LogP contribution in [0.3, 0.4) is 0 Å². The Hall–Kier alpha value is -0.610. The van der Waals surface area contributed by atoms with Gasteiger partial charge in [-0.3, -0.25) is 4.79 Å². The molecule has 0 amide bonds. The van der Waals surface area contributed by atoms with Gasteiger partial charge in [-0.15, -0.1) is 0 Å². The molecule has 0 saturated carbocycles. The Morgan fingerprint density at radius 2 is 2.24 bits per heavy atom. The number of ether oxygens (including phenoxy) is 1. The Labute approximate surface area is 104 Å². The van der Waals surface area contributed by atoms with Crippen molar-refractivity contribution < 1.29 is 14.6 Å². The van der Waals surface area contributed by atoms with E-state index in [1.165, 1.54) is 0 Å². The lowest BCUT2D eigenvalue weighted by molar-refractivity contribution is -0.170. The topological polar surface area (TPSA) is 58.6 Å². The fourth-order valence-electron chi connectivity index (χ4n) is 2.78. The molecule has 1 aliphatic rings. The Bertz CT molecular complexity index is 267. The van der Waals surface area contributed by atoms with Gasteiger partial charge >= 0.3 is 5.97 Å². The molecular weight excluding hydrogens is 218 g/mol. The number of carbonyl (C=O) groups is 1. The first-order valence-electron chi connectivity index (χ1n) is 6.53. The molecule has 2 N–H and O–H groups in total. The summed E-state index contributed by atoms with van der Waals surface area (Å²) in [5, 5.41) is 14.1. The quantitative estimate of drug-likeness (QED) is 0.728. The Balaban J connectivity index is 2.91. The van der Waals surface area contributed by atoms with Gasteiger partial charge in [0.1, 0.15) is 0 Å². The third kappa shape index (κ3) is 2.99. The number of rotatable bonds is 4. The Kier molecular flexibility index (Phi) is 4.95. The zero-order chi connectivity index (χ0) is 13.1. The lowest BCUT2D eigenvalue weighted by Gasteiger charge is -2.44. The van der Waals surface area contributed by atoms with Crippen LogP contribution in [-0.4, -0.2) is 36.4 Å². The van der Waals surface area contributed by atoms with Gasteiger partial charge in [-0.25, -0.2) is 0 Å². The average Bonchev–Trinajstić information content (AvgIpc) is 2.22. The number of esters is 1. The van der Waals surface area contributed by atoms with Crippen LogP contribution in [0.5, 0.6) is 0 Å². The molecule has 17 heavy (non-hydrogen) atoms. The first-order chi connectivity index (χ1) is 7.93. The molecule has 0 spiro atoms. The van der Waals surface area contributed by atoms with Crippen molar-refractivity contribution in [2.45, 2.75) is 39.7 Å². The zero-order valence-electron chi connectivity index (χ0n) is 11.3. The molecule has 3 unspecified atom stereocenters. The number of piperidine rings is 1. The molecule has 1 fully saturated rings. The number of carbonyl (C=O) groups excluding carboxylic acids is 1. The summed E-state index contributed by atoms with van der Waals surface area (Å²) in [6.45, 7) is 9.59. The number of hydrogen-bond acceptors (Lipinski definition) is 4. The molecule has 4 heteroatoms. The highest BCUT2D eigenvalue weighted by Gasteiger charge is 2.48. The summed E-state index contributed by atoms with van der Waals surface area (Å²) in [5.74, 6) is -0.550. The van der Waals surface area contributed by atoms with Gasteiger partial charge in [-0.2, -0.15) is 0 Å². The van der Waals surface area contributed by atoms with Gasteiger partial charge in [0.15, 0.2) is 0 Å². The van der Waals surface area contributed by atoms with Crippen LogP contribution in [0.1, 0.15) is 34.1 Å². The van der Waals surface area contributed by atoms with Crippen molar-refractivity contribution in [2.24, 2.45) is 17.8 Å². The molecule has 0 bridgehead atoms. The van der Waals surface area contributed by atoms with Crippen LogP contribution in [-0.2, 0) is 9.53 Å². The van der Waals surface area contributed by atoms with Gasteiger partial charge in [0.25, 0.3) is 0 Å². The van der Waals surface area contributed by atoms with Crippen LogP contribution in [0.4, 0.5) is 0 Å². The summed E-state index contributed by atoms with van der Waals surface area (Å²) in [5.41, 5.74) is -0.939. The highest BCUT2D eigenvalue weighted by atomic mass is 16.5. The molecule has 4 nitrogen and oxygen atoms in total. The Morgan fingerprint density at radius 3 is 2.71 bits per heavy atom. The molecule has 0 aromatic heterocycles. The van der Waals surface area contributed by atoms with E-state index in [4.69, 9.17) is 4.74 Å². The maximum Gasteiger partial charge on any atom is 0.312 e. The van der Waals surface area contributed by atoms with Crippen LogP contribution in [0.15, 0.2) is 0 Å². The van der Waals surface area contributed by atoms with Crippen molar-refractivity contribution in [3.8, 4) is 0 Å². The van der Waals surface area contributed by atoms with Gasteiger partial charge in [-0.1, -0.05) is 20.8 Å². The number of aliphatic hydroxyl groups is 1. The van der Waals surface area contributed by atoms with E-state index in [0.717, 1.165) is 13.1 Å². The van der Waals surface area contributed by atoms with E-state index in [-0.39, 0.29) is 17.8 Å². The Morgan fingerprint density at radius 1 is 1.59 bits per heavy atom. The van der Waals surface area contributed by atoms with E-state index < -0.39 is 11.5 Å². The van der Waals surface area contributed by atoms with Gasteiger partial charge < -0.3 is 15.2 Å². The molecule has 1 heterocycles. The third-order valence-corrected chi connectivity index (χ3v) is 3.75. The minimum atomic E-state index is -0.939. The van der Waals surface area contributed by atoms with Crippen LogP contribution >= 0.6 is 0 Å². The molecule has 100 valence electrons. The summed E-state index contributed by atoms with van der Waals surface area (Å²) in [4.78, 5) is 12.0. The second kappa shape index (κ2) is 5.83. The monoisotopic (exact) mass is 243 g/mol. The van der Waals surface area contributed by atoms with E-state index in [1.807, 2.05) is 20.8 Å². The minimum Gasteiger partial charge on any atom is -0.466 e. The molecule has 0 radical (unpaired) electrons. The summed E-state index contributed by atoms with van der Waals surface area (Å²) in [6.07, 6.45) is 0.607. The smallest absolute Gasteiger partial charge is 0.312 e. The number of nitrogens with one attached hydrogen (secondary N) is 1. The molecule has 1 saturated heterocycles. The van der Waals surface area contributed by atoms with Crippen LogP contribution < -0.4 is 5.32 Å². The molecule has 1 rings (SSSR count). The fraction of sp³-hybridized carbons (Fsp3) is 0.923. The molecular formula is C13H25NO3. The summed E-state index contributed by atoms with van der Waals surface area (Å²) in [6, 6.07) is 0. The standard InChI is InChI=1S/C13H25NO3/c1-5-17-12(15)11(9(2)3)13(16)6-7-14-8-10(13)4/h9-11,14,16H,5-8H2,1-4H3. The molecule has 3 atom stereocenters. The van der Waals surface area contributed by atoms with Crippen molar-refractivity contribution in [3.05, 3.63) is 0 Å². The molecule has 1 aliphatic heterocycles. The van der Waals surface area contributed by atoms with Crippen LogP contribution in [0, 0.1) is 17.8 Å². The summed E-state index contributed by atoms with van der Waals surface area (Å²) < 4.78 is 5.11. The zero-order valence-corrected chi connectivity index (χ0v) is 11.3. The van der Waals surface area contributed by atoms with Crippen molar-refractivity contribution in [3.63, 3.8) is 0 Å². The normalized spacial score (nSPS) is 31.3. The van der Waals surface area contributed by atoms with Gasteiger partial charge in [0.05, 0.1) is 18.1 Å². The van der Waals surface area contributed by atoms with Crippen molar-refractivity contribution in [1.82, 2.24) is 5.32 Å². The summed E-state index contributed by atoms with van der Waals surface area (Å²) >= 11 is 0. The molecule has 0 aliphatic carbocycles.